The van der Waals surface area contributed by atoms with Gasteiger partial charge in [-0.1, -0.05) is 24.9 Å². The molecule has 1 aromatic heterocycles. The molecule has 4 atom stereocenters. The lowest BCUT2D eigenvalue weighted by atomic mass is 9.96. The molecule has 0 saturated heterocycles. The quantitative estimate of drug-likeness (QED) is 0.906. The molecule has 4 unspecified atom stereocenters. The van der Waals surface area contributed by atoms with Crippen LogP contribution in [-0.4, -0.2) is 16.7 Å². The lowest BCUT2D eigenvalue weighted by Gasteiger charge is -2.12. The predicted octanol–water partition coefficient (Wildman–Crippen LogP) is 3.21. The molecule has 19 heavy (non-hydrogen) atoms. The van der Waals surface area contributed by atoms with E-state index in [9.17, 15) is 0 Å². The summed E-state index contributed by atoms with van der Waals surface area (Å²) in [7, 11) is 0. The van der Waals surface area contributed by atoms with Crippen LogP contribution in [0.4, 0.5) is 0 Å². The molecule has 0 amide bonds. The van der Waals surface area contributed by atoms with Crippen LogP contribution in [0, 0.1) is 11.8 Å². The molecule has 0 aromatic carbocycles. The van der Waals surface area contributed by atoms with Gasteiger partial charge in [-0.25, -0.2) is 0 Å². The van der Waals surface area contributed by atoms with Crippen molar-refractivity contribution in [2.45, 2.75) is 63.7 Å². The van der Waals surface area contributed by atoms with E-state index in [4.69, 9.17) is 15.2 Å². The van der Waals surface area contributed by atoms with E-state index in [1.54, 1.807) is 0 Å². The molecule has 0 radical (unpaired) electrons. The Morgan fingerprint density at radius 1 is 1.26 bits per heavy atom. The third-order valence-corrected chi connectivity index (χ3v) is 5.22. The van der Waals surface area contributed by atoms with Gasteiger partial charge in [0.15, 0.2) is 5.82 Å². The van der Waals surface area contributed by atoms with Crippen LogP contribution in [0.15, 0.2) is 4.52 Å². The summed E-state index contributed by atoms with van der Waals surface area (Å²) in [6.45, 7) is 3.02. The molecule has 1 aromatic rings. The standard InChI is InChI=1S/C15H25N3O/c1-2-10-6-7-11(8-10)14-17-15(19-18-14)13-5-3-4-12(13)9-16/h10-13H,2-9,16H2,1H3. The first-order valence-electron chi connectivity index (χ1n) is 7.85. The van der Waals surface area contributed by atoms with Gasteiger partial charge < -0.3 is 10.3 Å². The van der Waals surface area contributed by atoms with Crippen LogP contribution in [0.25, 0.3) is 0 Å². The summed E-state index contributed by atoms with van der Waals surface area (Å²) in [5, 5.41) is 4.25. The predicted molar refractivity (Wildman–Crippen MR) is 73.8 cm³/mol. The van der Waals surface area contributed by atoms with Crippen molar-refractivity contribution >= 4 is 0 Å². The molecule has 2 saturated carbocycles. The lowest BCUT2D eigenvalue weighted by Crippen LogP contribution is -2.17. The van der Waals surface area contributed by atoms with Crippen LogP contribution in [0.2, 0.25) is 0 Å². The fourth-order valence-corrected chi connectivity index (χ4v) is 3.89. The Hall–Kier alpha value is -0.900. The molecule has 3 rings (SSSR count). The molecule has 0 spiro atoms. The Bertz CT molecular complexity index is 417. The Kier molecular flexibility index (Phi) is 3.87. The highest BCUT2D eigenvalue weighted by atomic mass is 16.5. The van der Waals surface area contributed by atoms with E-state index in [2.05, 4.69) is 12.1 Å². The fourth-order valence-electron chi connectivity index (χ4n) is 3.89. The molecule has 1 heterocycles. The Balaban J connectivity index is 1.69. The van der Waals surface area contributed by atoms with Gasteiger partial charge in [-0.15, -0.1) is 0 Å². The van der Waals surface area contributed by atoms with Crippen molar-refractivity contribution in [2.75, 3.05) is 6.54 Å². The van der Waals surface area contributed by atoms with Gasteiger partial charge in [-0.2, -0.15) is 4.98 Å². The van der Waals surface area contributed by atoms with Crippen molar-refractivity contribution in [3.05, 3.63) is 11.7 Å². The number of rotatable bonds is 4. The number of hydrogen-bond acceptors (Lipinski definition) is 4. The summed E-state index contributed by atoms with van der Waals surface area (Å²) >= 11 is 0. The molecule has 2 N–H and O–H groups in total. The highest BCUT2D eigenvalue weighted by Gasteiger charge is 2.34. The number of nitrogens with zero attached hydrogens (tertiary/aromatic N) is 2. The Morgan fingerprint density at radius 2 is 2.16 bits per heavy atom. The van der Waals surface area contributed by atoms with Crippen LogP contribution in [0.1, 0.15) is 75.4 Å². The van der Waals surface area contributed by atoms with Gasteiger partial charge in [0.05, 0.1) is 0 Å². The second-order valence-corrected chi connectivity index (χ2v) is 6.31. The molecule has 0 aliphatic heterocycles. The maximum absolute atomic E-state index is 5.84. The minimum atomic E-state index is 0.412. The van der Waals surface area contributed by atoms with Crippen LogP contribution in [0.5, 0.6) is 0 Å². The van der Waals surface area contributed by atoms with Crippen LogP contribution < -0.4 is 5.73 Å². The fraction of sp³-hybridized carbons (Fsp3) is 0.867. The topological polar surface area (TPSA) is 64.9 Å². The van der Waals surface area contributed by atoms with Crippen LogP contribution >= 0.6 is 0 Å². The van der Waals surface area contributed by atoms with Crippen LogP contribution in [-0.2, 0) is 0 Å². The van der Waals surface area contributed by atoms with Crippen molar-refractivity contribution in [1.82, 2.24) is 10.1 Å². The monoisotopic (exact) mass is 263 g/mol. The minimum Gasteiger partial charge on any atom is -0.339 e. The van der Waals surface area contributed by atoms with Gasteiger partial charge in [-0.05, 0) is 50.5 Å². The molecule has 4 nitrogen and oxygen atoms in total. The maximum atomic E-state index is 5.84. The molecule has 2 aliphatic rings. The van der Waals surface area contributed by atoms with E-state index in [1.807, 2.05) is 0 Å². The molecule has 0 bridgehead atoms. The third-order valence-electron chi connectivity index (χ3n) is 5.22. The molecule has 106 valence electrons. The average Bonchev–Trinajstić information content (AvgIpc) is 3.16. The zero-order valence-corrected chi connectivity index (χ0v) is 11.8. The van der Waals surface area contributed by atoms with Gasteiger partial charge >= 0.3 is 0 Å². The zero-order valence-electron chi connectivity index (χ0n) is 11.8. The zero-order chi connectivity index (χ0) is 13.2. The second kappa shape index (κ2) is 5.61. The van der Waals surface area contributed by atoms with Gasteiger partial charge in [0.25, 0.3) is 0 Å². The largest absolute Gasteiger partial charge is 0.339 e. The van der Waals surface area contributed by atoms with E-state index in [-0.39, 0.29) is 0 Å². The maximum Gasteiger partial charge on any atom is 0.230 e. The van der Waals surface area contributed by atoms with Crippen molar-refractivity contribution < 1.29 is 4.52 Å². The van der Waals surface area contributed by atoms with Crippen molar-refractivity contribution in [3.63, 3.8) is 0 Å². The van der Waals surface area contributed by atoms with E-state index in [0.29, 0.717) is 17.8 Å². The highest BCUT2D eigenvalue weighted by Crippen LogP contribution is 2.41. The van der Waals surface area contributed by atoms with E-state index < -0.39 is 0 Å². The normalized spacial score (nSPS) is 35.1. The summed E-state index contributed by atoms with van der Waals surface area (Å²) in [6, 6.07) is 0. The van der Waals surface area contributed by atoms with E-state index in [0.717, 1.165) is 30.6 Å². The van der Waals surface area contributed by atoms with Gasteiger partial charge in [0.1, 0.15) is 0 Å². The Morgan fingerprint density at radius 3 is 2.89 bits per heavy atom. The summed E-state index contributed by atoms with van der Waals surface area (Å²) in [5.41, 5.74) is 5.84. The number of aromatic nitrogens is 2. The van der Waals surface area contributed by atoms with E-state index in [1.165, 1.54) is 38.5 Å². The summed E-state index contributed by atoms with van der Waals surface area (Å²) in [4.78, 5) is 4.71. The summed E-state index contributed by atoms with van der Waals surface area (Å²) in [5.74, 6) is 4.14. The molecule has 4 heteroatoms. The first-order chi connectivity index (χ1) is 9.31. The average molecular weight is 263 g/mol. The number of nitrogens with two attached hydrogens (primary N) is 1. The SMILES string of the molecule is CCC1CCC(c2noc(C3CCCC3CN)n2)C1. The molecule has 2 aliphatic carbocycles. The Labute approximate surface area is 115 Å². The molecular formula is C15H25N3O. The summed E-state index contributed by atoms with van der Waals surface area (Å²) < 4.78 is 5.55. The lowest BCUT2D eigenvalue weighted by molar-refractivity contribution is 0.321. The van der Waals surface area contributed by atoms with Gasteiger partial charge in [0, 0.05) is 11.8 Å². The minimum absolute atomic E-state index is 0.412. The van der Waals surface area contributed by atoms with Gasteiger partial charge in [-0.3, -0.25) is 0 Å². The van der Waals surface area contributed by atoms with Crippen molar-refractivity contribution in [3.8, 4) is 0 Å². The first-order valence-corrected chi connectivity index (χ1v) is 7.85. The summed E-state index contributed by atoms with van der Waals surface area (Å²) in [6.07, 6.45) is 8.67. The van der Waals surface area contributed by atoms with E-state index >= 15 is 0 Å². The van der Waals surface area contributed by atoms with Crippen molar-refractivity contribution in [2.24, 2.45) is 17.6 Å². The second-order valence-electron chi connectivity index (χ2n) is 6.31. The van der Waals surface area contributed by atoms with Crippen LogP contribution in [0.3, 0.4) is 0 Å². The molecule has 2 fully saturated rings. The smallest absolute Gasteiger partial charge is 0.230 e. The van der Waals surface area contributed by atoms with Crippen molar-refractivity contribution in [1.29, 1.82) is 0 Å². The first kappa shape index (κ1) is 13.1. The highest BCUT2D eigenvalue weighted by molar-refractivity contribution is 5.04. The third kappa shape index (κ3) is 2.55. The van der Waals surface area contributed by atoms with Gasteiger partial charge in [0.2, 0.25) is 5.89 Å². The number of hydrogen-bond donors (Lipinski definition) is 1. The molecular weight excluding hydrogens is 238 g/mol.